The molecule has 0 aromatic heterocycles. The Balaban J connectivity index is -0.00000000637. The van der Waals surface area contributed by atoms with Gasteiger partial charge in [-0.25, -0.2) is 0 Å². The van der Waals surface area contributed by atoms with Crippen LogP contribution < -0.4 is 0 Å². The van der Waals surface area contributed by atoms with Gasteiger partial charge in [0.25, 0.3) is 5.97 Å². The lowest BCUT2D eigenvalue weighted by Crippen LogP contribution is -1.78. The molecule has 0 spiro atoms. The van der Waals surface area contributed by atoms with Crippen LogP contribution in [-0.4, -0.2) is 11.1 Å². The van der Waals surface area contributed by atoms with Gasteiger partial charge in [0.2, 0.25) is 0 Å². The van der Waals surface area contributed by atoms with Gasteiger partial charge in [-0.3, -0.25) is 4.79 Å². The Morgan fingerprint density at radius 2 is 0.173 bits per heavy atom. The van der Waals surface area contributed by atoms with Crippen molar-refractivity contribution >= 4 is 5.97 Å². The van der Waals surface area contributed by atoms with E-state index in [-0.39, 0.29) is 0 Å². The lowest BCUT2D eigenvalue weighted by molar-refractivity contribution is -0.134. The summed E-state index contributed by atoms with van der Waals surface area (Å²) in [6, 6.07) is 0. The van der Waals surface area contributed by atoms with Crippen molar-refractivity contribution in [1.82, 2.24) is 0 Å². The lowest BCUT2D eigenvalue weighted by atomic mass is 10.9. The molecule has 0 radical (unpaired) electrons. The summed E-state index contributed by atoms with van der Waals surface area (Å²) in [6.07, 6.45) is 0. The van der Waals surface area contributed by atoms with Crippen LogP contribution >= 0.6 is 0 Å². The Labute approximate surface area is 354 Å². The topological polar surface area (TPSA) is 37.3 Å². The smallest absolute Gasteiger partial charge is 0.300 e. The number of carboxylic acid groups (broad SMARTS) is 1. The minimum atomic E-state index is -0.833. The van der Waals surface area contributed by atoms with Crippen molar-refractivity contribution in [2.45, 2.75) is 339 Å². The number of carboxylic acids is 1. The monoisotopic (exact) mass is 781 g/mol. The van der Waals surface area contributed by atoms with E-state index in [1.54, 1.807) is 0 Å². The Morgan fingerprint density at radius 1 is 0.173 bits per heavy atom. The average molecular weight is 782 g/mol. The van der Waals surface area contributed by atoms with Crippen molar-refractivity contribution in [3.63, 3.8) is 0 Å². The van der Waals surface area contributed by atoms with Gasteiger partial charge < -0.3 is 5.11 Å². The zero-order valence-electron chi connectivity index (χ0n) is 50.4. The molecule has 0 fully saturated rings. The van der Waals surface area contributed by atoms with Gasteiger partial charge in [0.05, 0.1) is 0 Å². The van der Waals surface area contributed by atoms with E-state index in [1.165, 1.54) is 0 Å². The Bertz CT molecular complexity index is 35.2. The first-order valence-corrected chi connectivity index (χ1v) is 24.9. The third-order valence-electron chi connectivity index (χ3n) is 0. The minimum Gasteiger partial charge on any atom is -0.481 e. The molecule has 0 unspecified atom stereocenters. The Kier molecular flexibility index (Phi) is 72900. The molecule has 0 aliphatic rings. The van der Waals surface area contributed by atoms with E-state index < -0.39 is 5.97 Å². The molecule has 2 nitrogen and oxygen atoms in total. The molecule has 0 aliphatic heterocycles. The summed E-state index contributed by atoms with van der Waals surface area (Å²) in [5.41, 5.74) is 0. The van der Waals surface area contributed by atoms with Crippen LogP contribution in [0.5, 0.6) is 0 Å². The van der Waals surface area contributed by atoms with Gasteiger partial charge in [-0.15, -0.1) is 0 Å². The molecule has 0 amide bonds. The van der Waals surface area contributed by atoms with E-state index >= 15 is 0 Å². The minimum absolute atomic E-state index is 0.833. The van der Waals surface area contributed by atoms with Crippen molar-refractivity contribution in [1.29, 1.82) is 0 Å². The van der Waals surface area contributed by atoms with Gasteiger partial charge in [0.1, 0.15) is 0 Å². The fourth-order valence-electron chi connectivity index (χ4n) is 0. The highest BCUT2D eigenvalue weighted by molar-refractivity contribution is 5.62. The molecular formula is C50H148O2. The molecule has 0 bridgehead atoms. The fraction of sp³-hybridized carbons (Fsp3) is 0.980. The first-order valence-electron chi connectivity index (χ1n) is 24.9. The molecule has 2 heteroatoms. The van der Waals surface area contributed by atoms with Crippen LogP contribution in [0.3, 0.4) is 0 Å². The van der Waals surface area contributed by atoms with Gasteiger partial charge in [-0.2, -0.15) is 0 Å². The highest BCUT2D eigenvalue weighted by Gasteiger charge is 1.65. The van der Waals surface area contributed by atoms with Crippen molar-refractivity contribution in [2.75, 3.05) is 0 Å². The standard InChI is InChI=1S/C2H4O2.24C2H6/c1-2(3)4;24*1-2/h1H3,(H,3,4);24*1-2H3. The normalized spacial score (nSPS) is 3.25. The molecule has 52 heavy (non-hydrogen) atoms. The van der Waals surface area contributed by atoms with Gasteiger partial charge >= 0.3 is 0 Å². The molecule has 360 valence electrons. The van der Waals surface area contributed by atoms with Crippen LogP contribution in [0.15, 0.2) is 0 Å². The molecule has 0 rings (SSSR count). The molecule has 0 aliphatic carbocycles. The molecule has 0 saturated carbocycles. The molecule has 0 saturated heterocycles. The van der Waals surface area contributed by atoms with Crippen molar-refractivity contribution in [3.05, 3.63) is 0 Å². The third-order valence-corrected chi connectivity index (χ3v) is 0. The second-order valence-electron chi connectivity index (χ2n) is 0.519. The molecule has 0 aromatic rings. The first-order chi connectivity index (χ1) is 25.7. The third kappa shape index (κ3) is 414000. The Hall–Kier alpha value is -0.530. The summed E-state index contributed by atoms with van der Waals surface area (Å²) in [4.78, 5) is 9.00. The van der Waals surface area contributed by atoms with E-state index in [4.69, 9.17) is 9.90 Å². The van der Waals surface area contributed by atoms with Crippen LogP contribution in [0.2, 0.25) is 0 Å². The zero-order chi connectivity index (χ0) is 51.6. The van der Waals surface area contributed by atoms with E-state index in [2.05, 4.69) is 0 Å². The maximum absolute atomic E-state index is 9.00. The molecule has 1 N–H and O–H groups in total. The highest BCUT2D eigenvalue weighted by Crippen LogP contribution is 1.42. The summed E-state index contributed by atoms with van der Waals surface area (Å²) in [6.45, 7) is 97.1. The average Bonchev–Trinajstić information content (AvgIpc) is 3.36. The zero-order valence-corrected chi connectivity index (χ0v) is 50.4. The first kappa shape index (κ1) is 187. The predicted molar refractivity (Wildman–Crippen MR) is 286 cm³/mol. The molecule has 0 atom stereocenters. The summed E-state index contributed by atoms with van der Waals surface area (Å²) >= 11 is 0. The summed E-state index contributed by atoms with van der Waals surface area (Å²) in [5, 5.41) is 7.42. The van der Waals surface area contributed by atoms with Crippen LogP contribution in [0.4, 0.5) is 0 Å². The van der Waals surface area contributed by atoms with Gasteiger partial charge in [0, 0.05) is 6.92 Å². The maximum Gasteiger partial charge on any atom is 0.300 e. The fourth-order valence-corrected chi connectivity index (χ4v) is 0. The Morgan fingerprint density at radius 3 is 0.173 bits per heavy atom. The second kappa shape index (κ2) is 20200. The molecule has 0 heterocycles. The van der Waals surface area contributed by atoms with E-state index in [0.717, 1.165) is 6.92 Å². The van der Waals surface area contributed by atoms with E-state index in [1.807, 2.05) is 332 Å². The predicted octanol–water partition coefficient (Wildman–Crippen LogP) is 24.7. The second-order valence-corrected chi connectivity index (χ2v) is 0.519. The largest absolute Gasteiger partial charge is 0.481 e. The maximum atomic E-state index is 9.00. The van der Waals surface area contributed by atoms with Crippen molar-refractivity contribution < 1.29 is 9.90 Å². The lowest BCUT2D eigenvalue weighted by Gasteiger charge is -1.59. The van der Waals surface area contributed by atoms with Crippen LogP contribution in [0, 0.1) is 0 Å². The van der Waals surface area contributed by atoms with Crippen LogP contribution in [0.1, 0.15) is 339 Å². The van der Waals surface area contributed by atoms with Gasteiger partial charge in [-0.1, -0.05) is 332 Å². The summed E-state index contributed by atoms with van der Waals surface area (Å²) < 4.78 is 0. The molecule has 0 aromatic carbocycles. The van der Waals surface area contributed by atoms with E-state index in [0.29, 0.717) is 0 Å². The quantitative estimate of drug-likeness (QED) is 0.266. The van der Waals surface area contributed by atoms with Crippen molar-refractivity contribution in [2.24, 2.45) is 0 Å². The van der Waals surface area contributed by atoms with E-state index in [9.17, 15) is 0 Å². The SMILES string of the molecule is CC.CC.CC.CC.CC.CC.CC.CC.CC.CC.CC.CC.CC.CC.CC.CC.CC.CC.CC.CC.CC.CC.CC.CC.CC(=O)O. The highest BCUT2D eigenvalue weighted by atomic mass is 16.4. The number of aliphatic carboxylic acids is 1. The van der Waals surface area contributed by atoms with Crippen molar-refractivity contribution in [3.8, 4) is 0 Å². The number of rotatable bonds is 0. The van der Waals surface area contributed by atoms with Gasteiger partial charge in [0.15, 0.2) is 0 Å². The number of hydrogen-bond acceptors (Lipinski definition) is 1. The number of carbonyl (C=O) groups is 1. The van der Waals surface area contributed by atoms with Gasteiger partial charge in [-0.05, 0) is 0 Å². The van der Waals surface area contributed by atoms with Crippen LogP contribution in [-0.2, 0) is 4.79 Å². The number of hydrogen-bond donors (Lipinski definition) is 1. The molecular weight excluding hydrogens is 633 g/mol. The van der Waals surface area contributed by atoms with Crippen LogP contribution in [0.25, 0.3) is 0 Å². The summed E-state index contributed by atoms with van der Waals surface area (Å²) in [7, 11) is 0. The summed E-state index contributed by atoms with van der Waals surface area (Å²) in [5.74, 6) is -0.833.